The number of sulfonamides is 1. The van der Waals surface area contributed by atoms with Crippen LogP contribution in [0.25, 0.3) is 0 Å². The van der Waals surface area contributed by atoms with Crippen molar-refractivity contribution in [2.24, 2.45) is 0 Å². The van der Waals surface area contributed by atoms with E-state index in [0.29, 0.717) is 10.6 Å². The van der Waals surface area contributed by atoms with Crippen LogP contribution in [0.3, 0.4) is 0 Å². The molecule has 0 aliphatic carbocycles. The Morgan fingerprint density at radius 3 is 2.55 bits per heavy atom. The van der Waals surface area contributed by atoms with E-state index in [-0.39, 0.29) is 23.7 Å². The standard InChI is InChI=1S/C12H17ClN2O4S/c1-4-19-11(16)7-15(3)20(17,18)9-5-8(2)12(13)10(14)6-9/h5-6H,4,7,14H2,1-3H3. The number of hydrogen-bond donors (Lipinski definition) is 1. The van der Waals surface area contributed by atoms with Gasteiger partial charge in [0.05, 0.1) is 22.2 Å². The van der Waals surface area contributed by atoms with E-state index in [1.54, 1.807) is 13.8 Å². The first-order valence-electron chi connectivity index (χ1n) is 5.87. The molecule has 2 N–H and O–H groups in total. The van der Waals surface area contributed by atoms with E-state index < -0.39 is 16.0 Å². The second-order valence-electron chi connectivity index (χ2n) is 4.21. The molecular formula is C12H17ClN2O4S. The minimum Gasteiger partial charge on any atom is -0.465 e. The Labute approximate surface area is 123 Å². The van der Waals surface area contributed by atoms with Gasteiger partial charge in [0.2, 0.25) is 10.0 Å². The van der Waals surface area contributed by atoms with Gasteiger partial charge in [-0.25, -0.2) is 8.42 Å². The maximum atomic E-state index is 12.3. The summed E-state index contributed by atoms with van der Waals surface area (Å²) in [6.45, 7) is 3.14. The van der Waals surface area contributed by atoms with E-state index in [0.717, 1.165) is 4.31 Å². The molecule has 0 aromatic heterocycles. The number of anilines is 1. The Morgan fingerprint density at radius 2 is 2.05 bits per heavy atom. The number of aryl methyl sites for hydroxylation is 1. The maximum absolute atomic E-state index is 12.3. The van der Waals surface area contributed by atoms with Crippen LogP contribution in [-0.2, 0) is 19.6 Å². The summed E-state index contributed by atoms with van der Waals surface area (Å²) in [5, 5.41) is 0.317. The van der Waals surface area contributed by atoms with E-state index in [2.05, 4.69) is 0 Å². The highest BCUT2D eigenvalue weighted by atomic mass is 35.5. The van der Waals surface area contributed by atoms with E-state index >= 15 is 0 Å². The van der Waals surface area contributed by atoms with Crippen molar-refractivity contribution in [2.45, 2.75) is 18.7 Å². The van der Waals surface area contributed by atoms with Gasteiger partial charge in [-0.05, 0) is 31.5 Å². The highest BCUT2D eigenvalue weighted by Gasteiger charge is 2.24. The van der Waals surface area contributed by atoms with E-state index in [9.17, 15) is 13.2 Å². The van der Waals surface area contributed by atoms with Crippen molar-refractivity contribution in [3.8, 4) is 0 Å². The van der Waals surface area contributed by atoms with Crippen LogP contribution >= 0.6 is 11.6 Å². The molecule has 0 fully saturated rings. The molecule has 1 aromatic carbocycles. The van der Waals surface area contributed by atoms with E-state index in [1.165, 1.54) is 19.2 Å². The number of rotatable bonds is 5. The minimum atomic E-state index is -3.82. The highest BCUT2D eigenvalue weighted by Crippen LogP contribution is 2.27. The molecule has 0 spiro atoms. The molecule has 112 valence electrons. The monoisotopic (exact) mass is 320 g/mol. The first-order valence-corrected chi connectivity index (χ1v) is 7.69. The van der Waals surface area contributed by atoms with Crippen LogP contribution in [0.15, 0.2) is 17.0 Å². The number of carbonyl (C=O) groups excluding carboxylic acids is 1. The fourth-order valence-corrected chi connectivity index (χ4v) is 2.91. The van der Waals surface area contributed by atoms with Crippen molar-refractivity contribution < 1.29 is 17.9 Å². The van der Waals surface area contributed by atoms with Crippen LogP contribution in [0, 0.1) is 6.92 Å². The predicted molar refractivity (Wildman–Crippen MR) is 77.1 cm³/mol. The number of hydrogen-bond acceptors (Lipinski definition) is 5. The maximum Gasteiger partial charge on any atom is 0.321 e. The quantitative estimate of drug-likeness (QED) is 0.654. The highest BCUT2D eigenvalue weighted by molar-refractivity contribution is 7.89. The SMILES string of the molecule is CCOC(=O)CN(C)S(=O)(=O)c1cc(C)c(Cl)c(N)c1. The number of halogens is 1. The average molecular weight is 321 g/mol. The van der Waals surface area contributed by atoms with Crippen molar-refractivity contribution in [1.82, 2.24) is 4.31 Å². The summed E-state index contributed by atoms with van der Waals surface area (Å²) in [4.78, 5) is 11.3. The molecule has 0 heterocycles. The van der Waals surface area contributed by atoms with Gasteiger partial charge in [-0.2, -0.15) is 4.31 Å². The summed E-state index contributed by atoms with van der Waals surface area (Å²) in [5.41, 5.74) is 6.39. The Balaban J connectivity index is 3.07. The van der Waals surface area contributed by atoms with Gasteiger partial charge in [0.25, 0.3) is 0 Å². The normalized spacial score (nSPS) is 11.7. The average Bonchev–Trinajstić information content (AvgIpc) is 2.35. The van der Waals surface area contributed by atoms with Gasteiger partial charge < -0.3 is 10.5 Å². The predicted octanol–water partition coefficient (Wildman–Crippen LogP) is 1.41. The number of carbonyl (C=O) groups is 1. The third-order valence-corrected chi connectivity index (χ3v) is 4.92. The lowest BCUT2D eigenvalue weighted by molar-refractivity contribution is -0.143. The van der Waals surface area contributed by atoms with Gasteiger partial charge in [0.1, 0.15) is 6.54 Å². The molecule has 1 rings (SSSR count). The number of ether oxygens (including phenoxy) is 1. The van der Waals surface area contributed by atoms with Gasteiger partial charge in [-0.1, -0.05) is 11.6 Å². The Hall–Kier alpha value is -1.31. The van der Waals surface area contributed by atoms with Crippen LogP contribution in [0.2, 0.25) is 5.02 Å². The summed E-state index contributed by atoms with van der Waals surface area (Å²) in [5.74, 6) is -0.614. The Morgan fingerprint density at radius 1 is 1.45 bits per heavy atom. The molecule has 0 saturated heterocycles. The molecule has 0 unspecified atom stereocenters. The summed E-state index contributed by atoms with van der Waals surface area (Å²) >= 11 is 5.90. The topological polar surface area (TPSA) is 89.7 Å². The zero-order chi connectivity index (χ0) is 15.5. The number of nitrogens with zero attached hydrogens (tertiary/aromatic N) is 1. The molecule has 0 aliphatic heterocycles. The van der Waals surface area contributed by atoms with Gasteiger partial charge in [-0.3, -0.25) is 4.79 Å². The molecule has 0 radical (unpaired) electrons. The van der Waals surface area contributed by atoms with Crippen LogP contribution in [0.4, 0.5) is 5.69 Å². The summed E-state index contributed by atoms with van der Waals surface area (Å²) in [6, 6.07) is 2.68. The molecule has 8 heteroatoms. The second-order valence-corrected chi connectivity index (χ2v) is 6.63. The number of likely N-dealkylation sites (N-methyl/N-ethyl adjacent to an activating group) is 1. The van der Waals surface area contributed by atoms with Crippen LogP contribution < -0.4 is 5.73 Å². The number of esters is 1. The summed E-state index contributed by atoms with van der Waals surface area (Å²) in [7, 11) is -2.52. The minimum absolute atomic E-state index is 0.0105. The molecule has 20 heavy (non-hydrogen) atoms. The molecule has 0 amide bonds. The zero-order valence-electron chi connectivity index (χ0n) is 11.5. The van der Waals surface area contributed by atoms with Crippen molar-refractivity contribution >= 4 is 33.3 Å². The molecule has 0 aliphatic rings. The third-order valence-electron chi connectivity index (χ3n) is 2.62. The van der Waals surface area contributed by atoms with Crippen molar-refractivity contribution in [3.63, 3.8) is 0 Å². The fraction of sp³-hybridized carbons (Fsp3) is 0.417. The van der Waals surface area contributed by atoms with Crippen LogP contribution in [-0.4, -0.2) is 38.9 Å². The first-order chi connectivity index (χ1) is 9.20. The van der Waals surface area contributed by atoms with Crippen molar-refractivity contribution in [3.05, 3.63) is 22.7 Å². The van der Waals surface area contributed by atoms with Gasteiger partial charge in [0.15, 0.2) is 0 Å². The van der Waals surface area contributed by atoms with Crippen molar-refractivity contribution in [2.75, 3.05) is 25.9 Å². The lowest BCUT2D eigenvalue weighted by atomic mass is 10.2. The largest absolute Gasteiger partial charge is 0.465 e. The molecule has 0 saturated carbocycles. The lowest BCUT2D eigenvalue weighted by Gasteiger charge is -2.17. The molecule has 0 atom stereocenters. The summed E-state index contributed by atoms with van der Waals surface area (Å²) in [6.07, 6.45) is 0. The first kappa shape index (κ1) is 16.7. The molecule has 6 nitrogen and oxygen atoms in total. The Kier molecular flexibility index (Phi) is 5.38. The number of nitrogen functional groups attached to an aromatic ring is 1. The smallest absolute Gasteiger partial charge is 0.321 e. The lowest BCUT2D eigenvalue weighted by Crippen LogP contribution is -2.33. The second kappa shape index (κ2) is 6.43. The summed E-state index contributed by atoms with van der Waals surface area (Å²) < 4.78 is 30.2. The van der Waals surface area contributed by atoms with Crippen molar-refractivity contribution in [1.29, 1.82) is 0 Å². The zero-order valence-corrected chi connectivity index (χ0v) is 13.1. The molecular weight excluding hydrogens is 304 g/mol. The molecule has 1 aromatic rings. The van der Waals surface area contributed by atoms with Gasteiger partial charge in [-0.15, -0.1) is 0 Å². The third kappa shape index (κ3) is 3.62. The Bertz CT molecular complexity index is 593. The van der Waals surface area contributed by atoms with Crippen LogP contribution in [0.1, 0.15) is 12.5 Å². The fourth-order valence-electron chi connectivity index (χ4n) is 1.57. The number of nitrogens with two attached hydrogens (primary N) is 1. The van der Waals surface area contributed by atoms with E-state index in [1.807, 2.05) is 0 Å². The van der Waals surface area contributed by atoms with E-state index in [4.69, 9.17) is 22.1 Å². The molecule has 0 bridgehead atoms. The number of benzene rings is 1. The van der Waals surface area contributed by atoms with Crippen LogP contribution in [0.5, 0.6) is 0 Å². The van der Waals surface area contributed by atoms with Gasteiger partial charge in [0, 0.05) is 7.05 Å². The van der Waals surface area contributed by atoms with Gasteiger partial charge >= 0.3 is 5.97 Å².